The van der Waals surface area contributed by atoms with E-state index < -0.39 is 0 Å². The van der Waals surface area contributed by atoms with Gasteiger partial charge in [-0.05, 0) is 28.1 Å². The zero-order valence-electron chi connectivity index (χ0n) is 8.30. The minimum Gasteiger partial charge on any atom is -0.304 e. The Labute approximate surface area is 97.1 Å². The van der Waals surface area contributed by atoms with Crippen molar-refractivity contribution in [2.45, 2.75) is 19.3 Å². The number of hydrogen-bond donors (Lipinski definition) is 1. The minimum atomic E-state index is 0.0908. The van der Waals surface area contributed by atoms with Gasteiger partial charge < -0.3 is 5.32 Å². The van der Waals surface area contributed by atoms with Crippen LogP contribution in [-0.2, 0) is 5.41 Å². The van der Waals surface area contributed by atoms with Crippen LogP contribution in [0.1, 0.15) is 18.7 Å². The van der Waals surface area contributed by atoms with E-state index in [0.717, 1.165) is 10.3 Å². The molecule has 0 radical (unpaired) electrons. The number of rotatable bonds is 4. The predicted molar refractivity (Wildman–Crippen MR) is 63.5 cm³/mol. The summed E-state index contributed by atoms with van der Waals surface area (Å²) in [7, 11) is 0. The van der Waals surface area contributed by atoms with E-state index in [-0.39, 0.29) is 5.41 Å². The van der Waals surface area contributed by atoms with Gasteiger partial charge in [-0.3, -0.25) is 0 Å². The zero-order chi connectivity index (χ0) is 10.6. The summed E-state index contributed by atoms with van der Waals surface area (Å²) in [5.74, 6) is 0. The number of nitrogens with one attached hydrogen (secondary N) is 1. The van der Waals surface area contributed by atoms with Gasteiger partial charge in [0, 0.05) is 16.8 Å². The second-order valence-corrected chi connectivity index (χ2v) is 6.21. The van der Waals surface area contributed by atoms with Crippen molar-refractivity contribution in [1.82, 2.24) is 5.32 Å². The Morgan fingerprint density at radius 1 is 1.57 bits per heavy atom. The zero-order valence-corrected chi connectivity index (χ0v) is 10.7. The third kappa shape index (κ3) is 3.09. The Morgan fingerprint density at radius 2 is 2.29 bits per heavy atom. The van der Waals surface area contributed by atoms with Gasteiger partial charge in [-0.15, -0.1) is 11.3 Å². The first-order chi connectivity index (χ1) is 6.56. The highest BCUT2D eigenvalue weighted by molar-refractivity contribution is 9.11. The molecule has 0 fully saturated rings. The third-order valence-electron chi connectivity index (χ3n) is 2.01. The Hall–Kier alpha value is -0.370. The van der Waals surface area contributed by atoms with E-state index in [0.29, 0.717) is 6.54 Å². The topological polar surface area (TPSA) is 35.8 Å². The van der Waals surface area contributed by atoms with Crippen LogP contribution in [0.25, 0.3) is 0 Å². The molecule has 0 saturated carbocycles. The van der Waals surface area contributed by atoms with E-state index in [9.17, 15) is 0 Å². The summed E-state index contributed by atoms with van der Waals surface area (Å²) >= 11 is 5.20. The third-order valence-corrected chi connectivity index (χ3v) is 4.00. The van der Waals surface area contributed by atoms with Crippen LogP contribution in [0.15, 0.2) is 15.9 Å². The van der Waals surface area contributed by atoms with Crippen LogP contribution in [-0.4, -0.2) is 13.1 Å². The fourth-order valence-corrected chi connectivity index (χ4v) is 2.68. The molecule has 2 nitrogen and oxygen atoms in total. The van der Waals surface area contributed by atoms with Crippen LogP contribution in [0.5, 0.6) is 0 Å². The normalized spacial score (nSPS) is 11.3. The van der Waals surface area contributed by atoms with Gasteiger partial charge in [-0.1, -0.05) is 13.8 Å². The van der Waals surface area contributed by atoms with Crippen molar-refractivity contribution in [3.8, 4) is 6.07 Å². The van der Waals surface area contributed by atoms with Crippen molar-refractivity contribution in [1.29, 1.82) is 5.26 Å². The summed E-state index contributed by atoms with van der Waals surface area (Å²) in [4.78, 5) is 1.33. The van der Waals surface area contributed by atoms with E-state index in [1.807, 2.05) is 0 Å². The second-order valence-electron chi connectivity index (χ2n) is 3.75. The molecule has 1 aromatic heterocycles. The maximum Gasteiger partial charge on any atom is 0.0841 e. The highest BCUT2D eigenvalue weighted by Gasteiger charge is 2.21. The Bertz CT molecular complexity index is 338. The quantitative estimate of drug-likeness (QED) is 0.676. The molecular formula is C10H13BrN2S. The van der Waals surface area contributed by atoms with Crippen LogP contribution in [0.3, 0.4) is 0 Å². The first-order valence-corrected chi connectivity index (χ1v) is 6.01. The lowest BCUT2D eigenvalue weighted by atomic mass is 9.91. The van der Waals surface area contributed by atoms with Crippen LogP contribution < -0.4 is 5.32 Å². The lowest BCUT2D eigenvalue weighted by Gasteiger charge is -2.22. The predicted octanol–water partition coefficient (Wildman–Crippen LogP) is 2.90. The molecule has 0 aliphatic heterocycles. The van der Waals surface area contributed by atoms with Gasteiger partial charge in [-0.25, -0.2) is 0 Å². The minimum absolute atomic E-state index is 0.0908. The first kappa shape index (κ1) is 11.7. The largest absolute Gasteiger partial charge is 0.304 e. The van der Waals surface area contributed by atoms with E-state index in [1.165, 1.54) is 4.88 Å². The van der Waals surface area contributed by atoms with Crippen molar-refractivity contribution < 1.29 is 0 Å². The molecule has 1 N–H and O–H groups in total. The molecular weight excluding hydrogens is 260 g/mol. The molecule has 0 unspecified atom stereocenters. The molecule has 0 aromatic carbocycles. The summed E-state index contributed by atoms with van der Waals surface area (Å²) in [6.45, 7) is 5.59. The van der Waals surface area contributed by atoms with E-state index in [1.54, 1.807) is 11.3 Å². The molecule has 0 aliphatic carbocycles. The molecule has 0 saturated heterocycles. The molecule has 1 aromatic rings. The number of hydrogen-bond acceptors (Lipinski definition) is 3. The molecule has 0 aliphatic rings. The molecule has 76 valence electrons. The van der Waals surface area contributed by atoms with Gasteiger partial charge in [0.1, 0.15) is 0 Å². The fourth-order valence-electron chi connectivity index (χ4n) is 1.20. The molecule has 14 heavy (non-hydrogen) atoms. The van der Waals surface area contributed by atoms with Gasteiger partial charge >= 0.3 is 0 Å². The second kappa shape index (κ2) is 4.92. The van der Waals surface area contributed by atoms with Crippen molar-refractivity contribution in [3.05, 3.63) is 20.8 Å². The van der Waals surface area contributed by atoms with Crippen LogP contribution in [0, 0.1) is 11.3 Å². The van der Waals surface area contributed by atoms with Crippen molar-refractivity contribution in [2.24, 2.45) is 0 Å². The van der Waals surface area contributed by atoms with Crippen molar-refractivity contribution in [3.63, 3.8) is 0 Å². The lowest BCUT2D eigenvalue weighted by Crippen LogP contribution is -2.32. The highest BCUT2D eigenvalue weighted by atomic mass is 79.9. The van der Waals surface area contributed by atoms with Gasteiger partial charge in [0.2, 0.25) is 0 Å². The number of nitrogens with zero attached hydrogens (tertiary/aromatic N) is 1. The van der Waals surface area contributed by atoms with Crippen LogP contribution >= 0.6 is 27.3 Å². The summed E-state index contributed by atoms with van der Waals surface area (Å²) < 4.78 is 1.15. The Balaban J connectivity index is 2.61. The number of nitriles is 1. The van der Waals surface area contributed by atoms with E-state index in [2.05, 4.69) is 53.3 Å². The lowest BCUT2D eigenvalue weighted by molar-refractivity contribution is 0.493. The molecule has 4 heteroatoms. The summed E-state index contributed by atoms with van der Waals surface area (Å²) in [5, 5.41) is 11.5. The maximum absolute atomic E-state index is 8.42. The fraction of sp³-hybridized carbons (Fsp3) is 0.500. The standard InChI is InChI=1S/C10H13BrN2S/c1-10(2,7-13-6-5-12)8-3-4-9(11)14-8/h3-4,13H,6-7H2,1-2H3. The van der Waals surface area contributed by atoms with Gasteiger partial charge in [0.25, 0.3) is 0 Å². The smallest absolute Gasteiger partial charge is 0.0841 e. The first-order valence-electron chi connectivity index (χ1n) is 4.40. The molecule has 0 spiro atoms. The summed E-state index contributed by atoms with van der Waals surface area (Å²) in [6.07, 6.45) is 0. The molecule has 0 bridgehead atoms. The Kier molecular flexibility index (Phi) is 4.11. The number of thiophene rings is 1. The molecule has 0 atom stereocenters. The van der Waals surface area contributed by atoms with Crippen molar-refractivity contribution >= 4 is 27.3 Å². The average Bonchev–Trinajstić information content (AvgIpc) is 2.53. The average molecular weight is 273 g/mol. The molecule has 0 amide bonds. The summed E-state index contributed by atoms with van der Waals surface area (Å²) in [6, 6.07) is 6.27. The molecule has 1 heterocycles. The van der Waals surface area contributed by atoms with E-state index >= 15 is 0 Å². The number of halogens is 1. The van der Waals surface area contributed by atoms with Gasteiger partial charge in [0.15, 0.2) is 0 Å². The summed E-state index contributed by atoms with van der Waals surface area (Å²) in [5.41, 5.74) is 0.0908. The maximum atomic E-state index is 8.42. The van der Waals surface area contributed by atoms with Crippen LogP contribution in [0.4, 0.5) is 0 Å². The monoisotopic (exact) mass is 272 g/mol. The molecule has 1 rings (SSSR count). The van der Waals surface area contributed by atoms with Crippen LogP contribution in [0.2, 0.25) is 0 Å². The Morgan fingerprint density at radius 3 is 2.79 bits per heavy atom. The van der Waals surface area contributed by atoms with Gasteiger partial charge in [0.05, 0.1) is 16.4 Å². The SMILES string of the molecule is CC(C)(CNCC#N)c1ccc(Br)s1. The van der Waals surface area contributed by atoms with E-state index in [4.69, 9.17) is 5.26 Å². The highest BCUT2D eigenvalue weighted by Crippen LogP contribution is 2.32. The van der Waals surface area contributed by atoms with Crippen molar-refractivity contribution in [2.75, 3.05) is 13.1 Å². The van der Waals surface area contributed by atoms with Gasteiger partial charge in [-0.2, -0.15) is 5.26 Å².